The van der Waals surface area contributed by atoms with Gasteiger partial charge in [-0.3, -0.25) is 4.79 Å². The lowest BCUT2D eigenvalue weighted by Gasteiger charge is -2.08. The van der Waals surface area contributed by atoms with E-state index in [-0.39, 0.29) is 11.7 Å². The molecule has 0 N–H and O–H groups in total. The first-order valence-corrected chi connectivity index (χ1v) is 7.92. The number of rotatable bonds is 10. The lowest BCUT2D eigenvalue weighted by atomic mass is 10.0. The van der Waals surface area contributed by atoms with Crippen LogP contribution < -0.4 is 4.74 Å². The number of carbonyl (C=O) groups excluding carboxylic acids is 1. The fourth-order valence-corrected chi connectivity index (χ4v) is 2.12. The predicted molar refractivity (Wildman–Crippen MR) is 84.5 cm³/mol. The molecule has 2 nitrogen and oxygen atoms in total. The molecular weight excluding hydrogens is 248 g/mol. The van der Waals surface area contributed by atoms with Crippen molar-refractivity contribution in [3.63, 3.8) is 0 Å². The lowest BCUT2D eigenvalue weighted by molar-refractivity contribution is 0.0939. The van der Waals surface area contributed by atoms with E-state index in [1.807, 2.05) is 38.1 Å². The second-order valence-corrected chi connectivity index (χ2v) is 5.66. The molecule has 0 unspecified atom stereocenters. The van der Waals surface area contributed by atoms with Gasteiger partial charge in [0.1, 0.15) is 5.75 Å². The minimum Gasteiger partial charge on any atom is -0.494 e. The molecule has 0 heterocycles. The average Bonchev–Trinajstić information content (AvgIpc) is 2.46. The van der Waals surface area contributed by atoms with Crippen molar-refractivity contribution in [3.8, 4) is 5.75 Å². The van der Waals surface area contributed by atoms with Crippen molar-refractivity contribution in [1.29, 1.82) is 0 Å². The van der Waals surface area contributed by atoms with Crippen molar-refractivity contribution >= 4 is 5.78 Å². The number of Topliss-reactive ketones (excluding diaryl/α,β-unsaturated/α-hetero) is 1. The van der Waals surface area contributed by atoms with Gasteiger partial charge in [-0.25, -0.2) is 0 Å². The van der Waals surface area contributed by atoms with Crippen LogP contribution in [0, 0.1) is 5.92 Å². The van der Waals surface area contributed by atoms with E-state index in [1.54, 1.807) is 0 Å². The Morgan fingerprint density at radius 1 is 1.00 bits per heavy atom. The van der Waals surface area contributed by atoms with Gasteiger partial charge in [-0.1, -0.05) is 52.9 Å². The summed E-state index contributed by atoms with van der Waals surface area (Å²) in [6, 6.07) is 7.51. The van der Waals surface area contributed by atoms with Gasteiger partial charge < -0.3 is 4.74 Å². The molecule has 0 aliphatic rings. The quantitative estimate of drug-likeness (QED) is 0.430. The molecule has 2 heteroatoms. The summed E-state index contributed by atoms with van der Waals surface area (Å²) in [5.41, 5.74) is 0.770. The Hall–Kier alpha value is -1.31. The Morgan fingerprint density at radius 3 is 2.20 bits per heavy atom. The predicted octanol–water partition coefficient (Wildman–Crippen LogP) is 5.26. The maximum Gasteiger partial charge on any atom is 0.165 e. The van der Waals surface area contributed by atoms with Crippen molar-refractivity contribution in [2.45, 2.75) is 59.3 Å². The molecule has 1 aromatic rings. The van der Waals surface area contributed by atoms with Crippen LogP contribution in [0.1, 0.15) is 69.7 Å². The Bertz CT molecular complexity index is 379. The highest BCUT2D eigenvalue weighted by molar-refractivity contribution is 5.97. The Kier molecular flexibility index (Phi) is 8.01. The largest absolute Gasteiger partial charge is 0.494 e. The summed E-state index contributed by atoms with van der Waals surface area (Å²) >= 11 is 0. The van der Waals surface area contributed by atoms with Gasteiger partial charge in [0.05, 0.1) is 6.61 Å². The Labute approximate surface area is 123 Å². The standard InChI is InChI=1S/C18H28O2/c1-4-5-6-7-8-9-14-20-17-12-10-16(11-13-17)18(19)15(2)3/h10-13,15H,4-9,14H2,1-3H3. The monoisotopic (exact) mass is 276 g/mol. The number of hydrogen-bond donors (Lipinski definition) is 0. The van der Waals surface area contributed by atoms with Gasteiger partial charge >= 0.3 is 0 Å². The number of ketones is 1. The van der Waals surface area contributed by atoms with Gasteiger partial charge in [0.25, 0.3) is 0 Å². The molecule has 0 aliphatic carbocycles. The highest BCUT2D eigenvalue weighted by Crippen LogP contribution is 2.15. The molecule has 0 aliphatic heterocycles. The molecule has 0 bridgehead atoms. The summed E-state index contributed by atoms with van der Waals surface area (Å²) in [5.74, 6) is 1.09. The second-order valence-electron chi connectivity index (χ2n) is 5.66. The van der Waals surface area contributed by atoms with Crippen molar-refractivity contribution in [2.75, 3.05) is 6.61 Å². The third-order valence-corrected chi connectivity index (χ3v) is 3.43. The first-order chi connectivity index (χ1) is 9.65. The molecule has 1 rings (SSSR count). The van der Waals surface area contributed by atoms with Crippen molar-refractivity contribution < 1.29 is 9.53 Å². The van der Waals surface area contributed by atoms with Crippen LogP contribution >= 0.6 is 0 Å². The molecule has 0 saturated carbocycles. The number of unbranched alkanes of at least 4 members (excludes halogenated alkanes) is 5. The van der Waals surface area contributed by atoms with E-state index in [1.165, 1.54) is 32.1 Å². The molecule has 0 fully saturated rings. The van der Waals surface area contributed by atoms with E-state index in [4.69, 9.17) is 4.74 Å². The number of carbonyl (C=O) groups is 1. The number of hydrogen-bond acceptors (Lipinski definition) is 2. The third kappa shape index (κ3) is 6.23. The molecule has 0 amide bonds. The van der Waals surface area contributed by atoms with Crippen LogP contribution in [-0.4, -0.2) is 12.4 Å². The summed E-state index contributed by atoms with van der Waals surface area (Å²) in [6.45, 7) is 6.84. The van der Waals surface area contributed by atoms with E-state index >= 15 is 0 Å². The van der Waals surface area contributed by atoms with Gasteiger partial charge in [0.2, 0.25) is 0 Å². The summed E-state index contributed by atoms with van der Waals surface area (Å²) < 4.78 is 5.70. The smallest absolute Gasteiger partial charge is 0.165 e. The van der Waals surface area contributed by atoms with Crippen LogP contribution in [0.5, 0.6) is 5.75 Å². The topological polar surface area (TPSA) is 26.3 Å². The second kappa shape index (κ2) is 9.57. The van der Waals surface area contributed by atoms with Crippen LogP contribution in [-0.2, 0) is 0 Å². The number of ether oxygens (including phenoxy) is 1. The maximum atomic E-state index is 11.8. The molecule has 0 spiro atoms. The van der Waals surface area contributed by atoms with Crippen molar-refractivity contribution in [1.82, 2.24) is 0 Å². The molecule has 0 saturated heterocycles. The van der Waals surface area contributed by atoms with Crippen LogP contribution in [0.3, 0.4) is 0 Å². The van der Waals surface area contributed by atoms with Crippen molar-refractivity contribution in [2.24, 2.45) is 5.92 Å². The first kappa shape index (κ1) is 16.7. The normalized spacial score (nSPS) is 10.8. The minimum absolute atomic E-state index is 0.0462. The Morgan fingerprint density at radius 2 is 1.60 bits per heavy atom. The molecule has 0 atom stereocenters. The summed E-state index contributed by atoms with van der Waals surface area (Å²) in [4.78, 5) is 11.8. The zero-order valence-corrected chi connectivity index (χ0v) is 13.2. The van der Waals surface area contributed by atoms with Crippen molar-refractivity contribution in [3.05, 3.63) is 29.8 Å². The molecular formula is C18H28O2. The van der Waals surface area contributed by atoms with E-state index in [9.17, 15) is 4.79 Å². The van der Waals surface area contributed by atoms with Gasteiger partial charge in [0.15, 0.2) is 5.78 Å². The van der Waals surface area contributed by atoms with E-state index in [0.29, 0.717) is 0 Å². The highest BCUT2D eigenvalue weighted by Gasteiger charge is 2.09. The van der Waals surface area contributed by atoms with Crippen LogP contribution in [0.15, 0.2) is 24.3 Å². The number of benzene rings is 1. The van der Waals surface area contributed by atoms with Crippen LogP contribution in [0.25, 0.3) is 0 Å². The van der Waals surface area contributed by atoms with Crippen LogP contribution in [0.2, 0.25) is 0 Å². The zero-order valence-electron chi connectivity index (χ0n) is 13.2. The minimum atomic E-state index is 0.0462. The fourth-order valence-electron chi connectivity index (χ4n) is 2.12. The van der Waals surface area contributed by atoms with Gasteiger partial charge in [-0.2, -0.15) is 0 Å². The summed E-state index contributed by atoms with van der Waals surface area (Å²) in [6.07, 6.45) is 7.62. The third-order valence-electron chi connectivity index (χ3n) is 3.43. The first-order valence-electron chi connectivity index (χ1n) is 7.92. The van der Waals surface area contributed by atoms with E-state index in [2.05, 4.69) is 6.92 Å². The van der Waals surface area contributed by atoms with Crippen LogP contribution in [0.4, 0.5) is 0 Å². The fraction of sp³-hybridized carbons (Fsp3) is 0.611. The molecule has 20 heavy (non-hydrogen) atoms. The van der Waals surface area contributed by atoms with Gasteiger partial charge in [0, 0.05) is 11.5 Å². The maximum absolute atomic E-state index is 11.8. The van der Waals surface area contributed by atoms with E-state index in [0.717, 1.165) is 24.3 Å². The van der Waals surface area contributed by atoms with Gasteiger partial charge in [-0.15, -0.1) is 0 Å². The SMILES string of the molecule is CCCCCCCCOc1ccc(C(=O)C(C)C)cc1. The summed E-state index contributed by atoms with van der Waals surface area (Å²) in [7, 11) is 0. The molecule has 0 aromatic heterocycles. The highest BCUT2D eigenvalue weighted by atomic mass is 16.5. The zero-order chi connectivity index (χ0) is 14.8. The molecule has 0 radical (unpaired) electrons. The van der Waals surface area contributed by atoms with Gasteiger partial charge in [-0.05, 0) is 30.7 Å². The molecule has 112 valence electrons. The summed E-state index contributed by atoms with van der Waals surface area (Å²) in [5, 5.41) is 0. The van der Waals surface area contributed by atoms with E-state index < -0.39 is 0 Å². The lowest BCUT2D eigenvalue weighted by Crippen LogP contribution is -2.07. The molecule has 1 aromatic carbocycles. The average molecular weight is 276 g/mol. The Balaban J connectivity index is 2.23.